The molecule has 0 heterocycles. The van der Waals surface area contributed by atoms with Crippen molar-refractivity contribution >= 4 is 11.8 Å². The summed E-state index contributed by atoms with van der Waals surface area (Å²) < 4.78 is 13.4. The average molecular weight is 268 g/mol. The maximum Gasteiger partial charge on any atom is 0.138 e. The van der Waals surface area contributed by atoms with Gasteiger partial charge in [-0.15, -0.1) is 0 Å². The smallest absolute Gasteiger partial charge is 0.138 e. The number of aliphatic hydroxyl groups excluding tert-OH is 2. The first-order chi connectivity index (χ1) is 8.67. The Balaban J connectivity index is 2.61. The highest BCUT2D eigenvalue weighted by molar-refractivity contribution is 7.98. The van der Waals surface area contributed by atoms with E-state index in [1.165, 1.54) is 6.07 Å². The second-order valence-corrected chi connectivity index (χ2v) is 5.11. The third kappa shape index (κ3) is 5.09. The first-order valence-electron chi connectivity index (χ1n) is 5.74. The molecule has 1 aromatic rings. The summed E-state index contributed by atoms with van der Waals surface area (Å²) in [4.78, 5) is 0. The van der Waals surface area contributed by atoms with Crippen LogP contribution in [0.3, 0.4) is 0 Å². The van der Waals surface area contributed by atoms with Gasteiger partial charge in [-0.1, -0.05) is 24.8 Å². The lowest BCUT2D eigenvalue weighted by molar-refractivity contribution is 0.250. The van der Waals surface area contributed by atoms with Crippen LogP contribution < -0.4 is 0 Å². The minimum atomic E-state index is -0.367. The highest BCUT2D eigenvalue weighted by atomic mass is 32.2. The number of rotatable bonds is 5. The van der Waals surface area contributed by atoms with Crippen molar-refractivity contribution in [3.8, 4) is 11.8 Å². The largest absolute Gasteiger partial charge is 0.396 e. The van der Waals surface area contributed by atoms with Crippen LogP contribution in [0.2, 0.25) is 0 Å². The summed E-state index contributed by atoms with van der Waals surface area (Å²) in [7, 11) is 0. The van der Waals surface area contributed by atoms with Crippen molar-refractivity contribution in [3.05, 3.63) is 35.1 Å². The van der Waals surface area contributed by atoms with Crippen molar-refractivity contribution < 1.29 is 14.6 Å². The molecule has 0 aliphatic heterocycles. The zero-order chi connectivity index (χ0) is 13.4. The van der Waals surface area contributed by atoms with Crippen LogP contribution in [0.25, 0.3) is 0 Å². The van der Waals surface area contributed by atoms with Gasteiger partial charge in [-0.05, 0) is 29.4 Å². The van der Waals surface area contributed by atoms with E-state index in [1.54, 1.807) is 23.9 Å². The van der Waals surface area contributed by atoms with Gasteiger partial charge < -0.3 is 10.2 Å². The van der Waals surface area contributed by atoms with Gasteiger partial charge in [0.1, 0.15) is 12.4 Å². The number of hydrogen-bond acceptors (Lipinski definition) is 3. The summed E-state index contributed by atoms with van der Waals surface area (Å²) in [6.45, 7) is 1.89. The average Bonchev–Trinajstić information content (AvgIpc) is 2.38. The molecule has 1 atom stereocenters. The second-order valence-electron chi connectivity index (χ2n) is 4.08. The quantitative estimate of drug-likeness (QED) is 0.803. The van der Waals surface area contributed by atoms with E-state index in [1.807, 2.05) is 6.92 Å². The zero-order valence-electron chi connectivity index (χ0n) is 10.3. The molecule has 1 unspecified atom stereocenters. The van der Waals surface area contributed by atoms with E-state index < -0.39 is 0 Å². The van der Waals surface area contributed by atoms with Crippen LogP contribution in [0, 0.1) is 23.6 Å². The van der Waals surface area contributed by atoms with Gasteiger partial charge in [0.2, 0.25) is 0 Å². The topological polar surface area (TPSA) is 40.5 Å². The van der Waals surface area contributed by atoms with Crippen LogP contribution in [0.15, 0.2) is 18.2 Å². The predicted molar refractivity (Wildman–Crippen MR) is 72.8 cm³/mol. The molecule has 0 aliphatic carbocycles. The van der Waals surface area contributed by atoms with E-state index in [0.29, 0.717) is 5.56 Å². The lowest BCUT2D eigenvalue weighted by Crippen LogP contribution is -2.03. The van der Waals surface area contributed by atoms with Crippen LogP contribution in [0.5, 0.6) is 0 Å². The molecule has 0 spiro atoms. The standard InChI is InChI=1S/C14H17FO2S/c1-11(8-17)9-18-10-12-4-5-14(15)13(7-12)3-2-6-16/h4-5,7,11,16-17H,6,8-10H2,1H3. The summed E-state index contributed by atoms with van der Waals surface area (Å²) in [6, 6.07) is 4.83. The maximum atomic E-state index is 13.4. The first kappa shape index (κ1) is 15.0. The summed E-state index contributed by atoms with van der Waals surface area (Å²) in [5.74, 6) is 6.56. The third-order valence-corrected chi connectivity index (χ3v) is 3.66. The molecule has 4 heteroatoms. The Kier molecular flexibility index (Phi) is 6.81. The monoisotopic (exact) mass is 268 g/mol. The second kappa shape index (κ2) is 8.15. The third-order valence-electron chi connectivity index (χ3n) is 2.32. The van der Waals surface area contributed by atoms with Gasteiger partial charge >= 0.3 is 0 Å². The van der Waals surface area contributed by atoms with E-state index >= 15 is 0 Å². The summed E-state index contributed by atoms with van der Waals surface area (Å²) in [5, 5.41) is 17.5. The fourth-order valence-electron chi connectivity index (χ4n) is 1.32. The molecule has 1 rings (SSSR count). The fraction of sp³-hybridized carbons (Fsp3) is 0.429. The van der Waals surface area contributed by atoms with Crippen LogP contribution >= 0.6 is 11.8 Å². The number of halogens is 1. The van der Waals surface area contributed by atoms with Crippen molar-refractivity contribution in [2.75, 3.05) is 19.0 Å². The van der Waals surface area contributed by atoms with Crippen LogP contribution in [-0.4, -0.2) is 29.2 Å². The van der Waals surface area contributed by atoms with Gasteiger partial charge in [0.25, 0.3) is 0 Å². The summed E-state index contributed by atoms with van der Waals surface area (Å²) >= 11 is 1.70. The Morgan fingerprint density at radius 2 is 2.17 bits per heavy atom. The van der Waals surface area contributed by atoms with Crippen molar-refractivity contribution in [3.63, 3.8) is 0 Å². The Hall–Kier alpha value is -1.02. The molecule has 98 valence electrons. The van der Waals surface area contributed by atoms with Gasteiger partial charge in [0.15, 0.2) is 0 Å². The van der Waals surface area contributed by atoms with Gasteiger partial charge in [-0.3, -0.25) is 0 Å². The first-order valence-corrected chi connectivity index (χ1v) is 6.89. The summed E-state index contributed by atoms with van der Waals surface area (Å²) in [5.41, 5.74) is 1.31. The maximum absolute atomic E-state index is 13.4. The lowest BCUT2D eigenvalue weighted by Gasteiger charge is -2.07. The van der Waals surface area contributed by atoms with Crippen LogP contribution in [-0.2, 0) is 5.75 Å². The molecule has 0 aliphatic rings. The molecular weight excluding hydrogens is 251 g/mol. The zero-order valence-corrected chi connectivity index (χ0v) is 11.1. The predicted octanol–water partition coefficient (Wildman–Crippen LogP) is 2.03. The van der Waals surface area contributed by atoms with E-state index in [4.69, 9.17) is 10.2 Å². The number of benzene rings is 1. The molecule has 0 bridgehead atoms. The molecule has 0 fully saturated rings. The normalized spacial score (nSPS) is 11.8. The van der Waals surface area contributed by atoms with E-state index in [-0.39, 0.29) is 24.9 Å². The number of thioether (sulfide) groups is 1. The van der Waals surface area contributed by atoms with E-state index in [0.717, 1.165) is 17.1 Å². The van der Waals surface area contributed by atoms with Crippen molar-refractivity contribution in [2.24, 2.45) is 5.92 Å². The Labute approximate surface area is 111 Å². The minimum Gasteiger partial charge on any atom is -0.396 e. The Morgan fingerprint density at radius 3 is 2.83 bits per heavy atom. The van der Waals surface area contributed by atoms with Gasteiger partial charge in [-0.2, -0.15) is 11.8 Å². The molecule has 0 saturated carbocycles. The number of aliphatic hydroxyl groups is 2. The molecular formula is C14H17FO2S. The van der Waals surface area contributed by atoms with E-state index in [2.05, 4.69) is 11.8 Å². The molecule has 0 saturated heterocycles. The highest BCUT2D eigenvalue weighted by Gasteiger charge is 2.03. The number of hydrogen-bond donors (Lipinski definition) is 2. The molecule has 2 nitrogen and oxygen atoms in total. The van der Waals surface area contributed by atoms with Crippen LogP contribution in [0.4, 0.5) is 4.39 Å². The van der Waals surface area contributed by atoms with Crippen molar-refractivity contribution in [1.82, 2.24) is 0 Å². The lowest BCUT2D eigenvalue weighted by atomic mass is 10.1. The molecule has 1 aromatic carbocycles. The minimum absolute atomic E-state index is 0.184. The SMILES string of the molecule is CC(CO)CSCc1ccc(F)c(C#CCO)c1. The van der Waals surface area contributed by atoms with Gasteiger partial charge in [0.05, 0.1) is 5.56 Å². The van der Waals surface area contributed by atoms with Crippen molar-refractivity contribution in [2.45, 2.75) is 12.7 Å². The van der Waals surface area contributed by atoms with Gasteiger partial charge in [0, 0.05) is 12.4 Å². The molecule has 0 aromatic heterocycles. The van der Waals surface area contributed by atoms with Gasteiger partial charge in [-0.25, -0.2) is 4.39 Å². The highest BCUT2D eigenvalue weighted by Crippen LogP contribution is 2.17. The Morgan fingerprint density at radius 1 is 1.39 bits per heavy atom. The van der Waals surface area contributed by atoms with Crippen LogP contribution in [0.1, 0.15) is 18.1 Å². The Bertz CT molecular complexity index is 437. The van der Waals surface area contributed by atoms with E-state index in [9.17, 15) is 4.39 Å². The fourth-order valence-corrected chi connectivity index (χ4v) is 2.36. The van der Waals surface area contributed by atoms with Crippen molar-refractivity contribution in [1.29, 1.82) is 0 Å². The molecule has 0 radical (unpaired) electrons. The molecule has 0 amide bonds. The molecule has 2 N–H and O–H groups in total. The molecule has 18 heavy (non-hydrogen) atoms. The summed E-state index contributed by atoms with van der Waals surface area (Å²) in [6.07, 6.45) is 0.